The molecule has 0 aromatic heterocycles. The van der Waals surface area contributed by atoms with E-state index in [1.165, 1.54) is 33.9 Å². The summed E-state index contributed by atoms with van der Waals surface area (Å²) in [5.41, 5.74) is 15.1. The van der Waals surface area contributed by atoms with Crippen molar-refractivity contribution >= 4 is 51.2 Å². The number of hydrogen-bond donors (Lipinski definition) is 0. The van der Waals surface area contributed by atoms with Crippen molar-refractivity contribution < 1.29 is 0 Å². The third-order valence-electron chi connectivity index (χ3n) is 12.2. The van der Waals surface area contributed by atoms with E-state index in [2.05, 4.69) is 268 Å². The standard InChI is InChI=1S/C60H52N4/c1-7-19-49(20-8-1)61(50-21-9-2-10-22-50)57-39-43-59(44-40-57)63(53-27-15-5-16-28-53)55-35-31-47(32-36-55)48-33-37-56(38-34-48)64(54-29-17-6-18-30-54)60-45-41-58(42-46-60)62(51-23-11-3-12-24-51)52-25-13-4-14-26-52/h1-3,5-11,13,15-21,23,25-46,50H,4,12,14,22,24H2. The second-order valence-electron chi connectivity index (χ2n) is 16.4. The lowest BCUT2D eigenvalue weighted by molar-refractivity contribution is 0.785. The van der Waals surface area contributed by atoms with Gasteiger partial charge in [0, 0.05) is 62.6 Å². The highest BCUT2D eigenvalue weighted by molar-refractivity contribution is 5.82. The summed E-state index contributed by atoms with van der Waals surface area (Å²) in [6, 6.07) is 68.2. The van der Waals surface area contributed by atoms with E-state index < -0.39 is 0 Å². The Morgan fingerprint density at radius 3 is 1.27 bits per heavy atom. The molecule has 7 aromatic rings. The summed E-state index contributed by atoms with van der Waals surface area (Å²) < 4.78 is 0. The number of anilines is 9. The second kappa shape index (κ2) is 19.1. The fourth-order valence-electron chi connectivity index (χ4n) is 9.07. The zero-order valence-corrected chi connectivity index (χ0v) is 36.1. The number of nitrogens with zero attached hydrogens (tertiary/aromatic N) is 4. The van der Waals surface area contributed by atoms with Crippen LogP contribution in [-0.4, -0.2) is 6.04 Å². The Labute approximate surface area is 378 Å². The number of rotatable bonds is 13. The molecule has 0 saturated heterocycles. The summed E-state index contributed by atoms with van der Waals surface area (Å²) in [5, 5.41) is 0. The maximum absolute atomic E-state index is 2.43. The summed E-state index contributed by atoms with van der Waals surface area (Å²) in [5.74, 6) is 0. The fourth-order valence-corrected chi connectivity index (χ4v) is 9.07. The molecule has 4 heteroatoms. The van der Waals surface area contributed by atoms with Crippen molar-refractivity contribution in [3.63, 3.8) is 0 Å². The van der Waals surface area contributed by atoms with E-state index in [0.717, 1.165) is 71.9 Å². The van der Waals surface area contributed by atoms with Crippen molar-refractivity contribution in [3.05, 3.63) is 260 Å². The topological polar surface area (TPSA) is 13.0 Å². The summed E-state index contributed by atoms with van der Waals surface area (Å²) in [4.78, 5) is 9.54. The highest BCUT2D eigenvalue weighted by Crippen LogP contribution is 2.41. The van der Waals surface area contributed by atoms with Gasteiger partial charge < -0.3 is 19.6 Å². The Bertz CT molecular complexity index is 2820. The van der Waals surface area contributed by atoms with Gasteiger partial charge in [-0.15, -0.1) is 0 Å². The molecule has 3 aliphatic rings. The van der Waals surface area contributed by atoms with Gasteiger partial charge in [0.2, 0.25) is 0 Å². The molecule has 0 fully saturated rings. The fraction of sp³-hybridized carbons (Fsp3) is 0.100. The quantitative estimate of drug-likeness (QED) is 0.115. The minimum atomic E-state index is 0.249. The molecule has 312 valence electrons. The van der Waals surface area contributed by atoms with Gasteiger partial charge in [-0.25, -0.2) is 0 Å². The zero-order valence-electron chi connectivity index (χ0n) is 36.1. The predicted molar refractivity (Wildman–Crippen MR) is 272 cm³/mol. The number of allylic oxidation sites excluding steroid dienone is 9. The van der Waals surface area contributed by atoms with Gasteiger partial charge in [0.05, 0.1) is 6.04 Å². The third kappa shape index (κ3) is 8.77. The molecule has 0 saturated carbocycles. The average Bonchev–Trinajstić information content (AvgIpc) is 3.38. The predicted octanol–water partition coefficient (Wildman–Crippen LogP) is 16.6. The summed E-state index contributed by atoms with van der Waals surface area (Å²) >= 11 is 0. The third-order valence-corrected chi connectivity index (χ3v) is 12.2. The Morgan fingerprint density at radius 1 is 0.359 bits per heavy atom. The van der Waals surface area contributed by atoms with Gasteiger partial charge in [-0.2, -0.15) is 0 Å². The first kappa shape index (κ1) is 40.3. The summed E-state index contributed by atoms with van der Waals surface area (Å²) in [6.45, 7) is 0. The summed E-state index contributed by atoms with van der Waals surface area (Å²) in [6.07, 6.45) is 27.7. The lowest BCUT2D eigenvalue weighted by atomic mass is 10.0. The monoisotopic (exact) mass is 828 g/mol. The molecule has 4 nitrogen and oxygen atoms in total. The summed E-state index contributed by atoms with van der Waals surface area (Å²) in [7, 11) is 0. The molecule has 0 spiro atoms. The molecule has 10 rings (SSSR count). The number of hydrogen-bond acceptors (Lipinski definition) is 4. The molecule has 1 atom stereocenters. The molecular formula is C60H52N4. The maximum Gasteiger partial charge on any atom is 0.0559 e. The Hall–Kier alpha value is -7.82. The van der Waals surface area contributed by atoms with E-state index in [1.807, 2.05) is 0 Å². The molecule has 3 aliphatic carbocycles. The number of benzene rings is 7. The lowest BCUT2D eigenvalue weighted by Gasteiger charge is -2.33. The molecule has 1 unspecified atom stereocenters. The average molecular weight is 829 g/mol. The molecule has 7 aromatic carbocycles. The van der Waals surface area contributed by atoms with Crippen LogP contribution in [0.5, 0.6) is 0 Å². The second-order valence-corrected chi connectivity index (χ2v) is 16.4. The highest BCUT2D eigenvalue weighted by atomic mass is 15.2. The first-order valence-corrected chi connectivity index (χ1v) is 22.6. The Morgan fingerprint density at radius 2 is 0.812 bits per heavy atom. The van der Waals surface area contributed by atoms with Gasteiger partial charge in [0.15, 0.2) is 0 Å². The molecule has 0 amide bonds. The first-order valence-electron chi connectivity index (χ1n) is 22.6. The van der Waals surface area contributed by atoms with Gasteiger partial charge in [0.25, 0.3) is 0 Å². The Balaban J connectivity index is 0.921. The highest BCUT2D eigenvalue weighted by Gasteiger charge is 2.22. The van der Waals surface area contributed by atoms with Crippen LogP contribution in [-0.2, 0) is 0 Å². The van der Waals surface area contributed by atoms with E-state index in [-0.39, 0.29) is 6.04 Å². The first-order chi connectivity index (χ1) is 31.8. The molecule has 0 bridgehead atoms. The van der Waals surface area contributed by atoms with Crippen LogP contribution in [0.2, 0.25) is 0 Å². The molecular weight excluding hydrogens is 777 g/mol. The zero-order chi connectivity index (χ0) is 42.9. The molecule has 0 heterocycles. The van der Waals surface area contributed by atoms with Crippen LogP contribution in [0, 0.1) is 0 Å². The van der Waals surface area contributed by atoms with Gasteiger partial charge >= 0.3 is 0 Å². The van der Waals surface area contributed by atoms with Crippen molar-refractivity contribution in [2.24, 2.45) is 0 Å². The SMILES string of the molecule is C1=CCCC(N(C2=CCCC=C2)c2ccc(N(c3ccccc3)c3ccc(-c4ccc(N(c5ccccc5)c5ccc(N(c6ccccc6)C6C=CC=CC6)cc5)cc4)cc3)cc2)=C1. The maximum atomic E-state index is 2.43. The van der Waals surface area contributed by atoms with Gasteiger partial charge in [-0.05, 0) is 165 Å². The minimum Gasteiger partial charge on any atom is -0.334 e. The number of para-hydroxylation sites is 3. The normalized spacial score (nSPS) is 15.3. The largest absolute Gasteiger partial charge is 0.334 e. The smallest absolute Gasteiger partial charge is 0.0559 e. The van der Waals surface area contributed by atoms with E-state index in [1.54, 1.807) is 0 Å². The lowest BCUT2D eigenvalue weighted by Crippen LogP contribution is -2.29. The molecule has 0 radical (unpaired) electrons. The van der Waals surface area contributed by atoms with Crippen LogP contribution in [0.1, 0.15) is 32.1 Å². The van der Waals surface area contributed by atoms with Crippen LogP contribution in [0.25, 0.3) is 11.1 Å². The van der Waals surface area contributed by atoms with Gasteiger partial charge in [-0.1, -0.05) is 127 Å². The molecule has 0 aliphatic heterocycles. The van der Waals surface area contributed by atoms with E-state index in [4.69, 9.17) is 0 Å². The van der Waals surface area contributed by atoms with Gasteiger partial charge in [-0.3, -0.25) is 0 Å². The van der Waals surface area contributed by atoms with Crippen molar-refractivity contribution in [1.29, 1.82) is 0 Å². The minimum absolute atomic E-state index is 0.249. The van der Waals surface area contributed by atoms with E-state index >= 15 is 0 Å². The van der Waals surface area contributed by atoms with Crippen molar-refractivity contribution in [2.75, 3.05) is 19.6 Å². The van der Waals surface area contributed by atoms with Crippen LogP contribution in [0.4, 0.5) is 51.2 Å². The van der Waals surface area contributed by atoms with Crippen molar-refractivity contribution in [3.8, 4) is 11.1 Å². The van der Waals surface area contributed by atoms with Crippen molar-refractivity contribution in [2.45, 2.75) is 38.1 Å². The molecule has 64 heavy (non-hydrogen) atoms. The van der Waals surface area contributed by atoms with Crippen LogP contribution < -0.4 is 19.6 Å². The van der Waals surface area contributed by atoms with Crippen LogP contribution in [0.15, 0.2) is 260 Å². The van der Waals surface area contributed by atoms with Gasteiger partial charge in [0.1, 0.15) is 0 Å². The van der Waals surface area contributed by atoms with E-state index in [0.29, 0.717) is 0 Å². The van der Waals surface area contributed by atoms with Crippen molar-refractivity contribution in [1.82, 2.24) is 0 Å². The van der Waals surface area contributed by atoms with Crippen LogP contribution >= 0.6 is 0 Å². The molecule has 0 N–H and O–H groups in total. The van der Waals surface area contributed by atoms with Crippen LogP contribution in [0.3, 0.4) is 0 Å². The Kier molecular flexibility index (Phi) is 12.0. The van der Waals surface area contributed by atoms with E-state index in [9.17, 15) is 0 Å².